The summed E-state index contributed by atoms with van der Waals surface area (Å²) in [6, 6.07) is 4.19. The molecule has 14 heteroatoms. The molecule has 0 saturated carbocycles. The zero-order valence-corrected chi connectivity index (χ0v) is 26.3. The van der Waals surface area contributed by atoms with E-state index in [0.29, 0.717) is 41.7 Å². The number of nitrogens with one attached hydrogen (secondary N) is 4. The molecule has 1 aromatic heterocycles. The van der Waals surface area contributed by atoms with E-state index in [1.807, 2.05) is 20.8 Å². The van der Waals surface area contributed by atoms with Gasteiger partial charge < -0.3 is 30.9 Å². The first-order valence-corrected chi connectivity index (χ1v) is 14.0. The third-order valence-electron chi connectivity index (χ3n) is 7.46. The van der Waals surface area contributed by atoms with Crippen LogP contribution in [0.15, 0.2) is 36.7 Å². The largest absolute Gasteiger partial charge is 0.494 e. The summed E-state index contributed by atoms with van der Waals surface area (Å²) in [6.07, 6.45) is 2.33. The Bertz CT molecular complexity index is 1540. The summed E-state index contributed by atoms with van der Waals surface area (Å²) in [5.41, 5.74) is 0.138. The van der Waals surface area contributed by atoms with Gasteiger partial charge >= 0.3 is 0 Å². The van der Waals surface area contributed by atoms with Crippen LogP contribution < -0.4 is 26.0 Å². The average Bonchev–Trinajstić information content (AvgIpc) is 3.46. The van der Waals surface area contributed by atoms with Crippen LogP contribution in [0.5, 0.6) is 5.75 Å². The van der Waals surface area contributed by atoms with Gasteiger partial charge in [0, 0.05) is 24.1 Å². The van der Waals surface area contributed by atoms with Crippen molar-refractivity contribution in [3.05, 3.63) is 48.3 Å². The molecule has 4 N–H and O–H groups in total. The summed E-state index contributed by atoms with van der Waals surface area (Å²) in [6.45, 7) is 7.63. The van der Waals surface area contributed by atoms with Crippen molar-refractivity contribution in [2.45, 2.75) is 58.7 Å². The van der Waals surface area contributed by atoms with Crippen LogP contribution in [0, 0.1) is 17.0 Å². The van der Waals surface area contributed by atoms with Gasteiger partial charge in [-0.2, -0.15) is 0 Å². The molecule has 1 aliphatic heterocycles. The minimum absolute atomic E-state index is 0. The van der Waals surface area contributed by atoms with E-state index in [0.717, 1.165) is 12.1 Å². The van der Waals surface area contributed by atoms with Crippen molar-refractivity contribution >= 4 is 58.2 Å². The Kier molecular flexibility index (Phi) is 11.0. The van der Waals surface area contributed by atoms with Gasteiger partial charge in [-0.05, 0) is 50.4 Å². The number of benzene rings is 2. The van der Waals surface area contributed by atoms with E-state index in [-0.39, 0.29) is 35.7 Å². The van der Waals surface area contributed by atoms with Crippen molar-refractivity contribution in [2.24, 2.45) is 5.41 Å². The predicted molar refractivity (Wildman–Crippen MR) is 166 cm³/mol. The molecule has 3 unspecified atom stereocenters. The highest BCUT2D eigenvalue weighted by Crippen LogP contribution is 2.34. The van der Waals surface area contributed by atoms with E-state index in [1.54, 1.807) is 26.1 Å². The van der Waals surface area contributed by atoms with Crippen LogP contribution in [0.4, 0.5) is 26.0 Å². The predicted octanol–water partition coefficient (Wildman–Crippen LogP) is 4.15. The van der Waals surface area contributed by atoms with Crippen LogP contribution in [0.25, 0.3) is 10.9 Å². The van der Waals surface area contributed by atoms with Crippen molar-refractivity contribution in [3.8, 4) is 5.75 Å². The zero-order valence-electron chi connectivity index (χ0n) is 25.5. The fourth-order valence-corrected chi connectivity index (χ4v) is 4.90. The first kappa shape index (κ1) is 34.4. The second-order valence-electron chi connectivity index (χ2n) is 11.5. The van der Waals surface area contributed by atoms with Gasteiger partial charge in [0.2, 0.25) is 17.7 Å². The molecule has 44 heavy (non-hydrogen) atoms. The van der Waals surface area contributed by atoms with Gasteiger partial charge in [0.1, 0.15) is 41.6 Å². The van der Waals surface area contributed by atoms with Crippen LogP contribution >= 0.6 is 12.4 Å². The van der Waals surface area contributed by atoms with Gasteiger partial charge in [-0.25, -0.2) is 18.7 Å². The molecule has 11 nitrogen and oxygen atoms in total. The van der Waals surface area contributed by atoms with Crippen LogP contribution in [-0.2, 0) is 14.4 Å². The Labute approximate surface area is 260 Å². The average molecular weight is 634 g/mol. The van der Waals surface area contributed by atoms with E-state index >= 15 is 0 Å². The van der Waals surface area contributed by atoms with Crippen molar-refractivity contribution in [3.63, 3.8) is 0 Å². The standard InChI is InChI=1S/C30H37F2N7O4.ClH/c1-16(33-5)27(40)38-25(30(2,3)4)29(42)39-11-7-8-23(39)28(41)37-22-13-18-21(14-24(22)43-6)34-15-35-26(18)36-20-10-9-17(31)12-19(20)32;/h9-10,12-16,23,25,33H,7-8,11H2,1-6H3,(H,37,41)(H,38,40)(H,34,35,36);1H. The summed E-state index contributed by atoms with van der Waals surface area (Å²) in [5, 5.41) is 11.9. The Morgan fingerprint density at radius 3 is 2.45 bits per heavy atom. The lowest BCUT2D eigenvalue weighted by atomic mass is 9.85. The fraction of sp³-hybridized carbons (Fsp3) is 0.433. The maximum atomic E-state index is 14.4. The quantitative estimate of drug-likeness (QED) is 0.276. The number of amides is 3. The molecule has 0 radical (unpaired) electrons. The SMILES string of the molecule is CNC(C)C(=O)NC(C(=O)N1CCCC1C(=O)Nc1cc2c(Nc3ccc(F)cc3F)ncnc2cc1OC)C(C)(C)C.Cl. The maximum absolute atomic E-state index is 14.4. The molecular formula is C30H38ClF2N7O4. The number of aromatic nitrogens is 2. The Morgan fingerprint density at radius 2 is 1.82 bits per heavy atom. The number of likely N-dealkylation sites (N-methyl/N-ethyl adjacent to an activating group) is 1. The van der Waals surface area contributed by atoms with Crippen LogP contribution in [0.1, 0.15) is 40.5 Å². The number of methoxy groups -OCH3 is 1. The number of carbonyl (C=O) groups excluding carboxylic acids is 3. The normalized spacial score (nSPS) is 16.1. The third kappa shape index (κ3) is 7.51. The lowest BCUT2D eigenvalue weighted by Gasteiger charge is -2.36. The molecule has 0 bridgehead atoms. The number of fused-ring (bicyclic) bond motifs is 1. The van der Waals surface area contributed by atoms with Gasteiger partial charge in [-0.1, -0.05) is 20.8 Å². The summed E-state index contributed by atoms with van der Waals surface area (Å²) in [4.78, 5) is 50.1. The van der Waals surface area contributed by atoms with E-state index in [4.69, 9.17) is 4.74 Å². The van der Waals surface area contributed by atoms with E-state index < -0.39 is 41.1 Å². The molecule has 3 aromatic rings. The molecule has 238 valence electrons. The molecule has 3 amide bonds. The number of hydrogen-bond donors (Lipinski definition) is 4. The van der Waals surface area contributed by atoms with Gasteiger partial charge in [0.05, 0.1) is 30.0 Å². The van der Waals surface area contributed by atoms with Gasteiger partial charge in [-0.3, -0.25) is 14.4 Å². The van der Waals surface area contributed by atoms with E-state index in [9.17, 15) is 23.2 Å². The highest BCUT2D eigenvalue weighted by atomic mass is 35.5. The number of nitrogens with zero attached hydrogens (tertiary/aromatic N) is 3. The molecule has 1 aliphatic rings. The monoisotopic (exact) mass is 633 g/mol. The Morgan fingerprint density at radius 1 is 1.09 bits per heavy atom. The number of rotatable bonds is 9. The first-order valence-electron chi connectivity index (χ1n) is 14.0. The Hall–Kier alpha value is -4.10. The molecule has 1 saturated heterocycles. The molecule has 2 heterocycles. The molecule has 2 aromatic carbocycles. The zero-order chi connectivity index (χ0) is 31.5. The van der Waals surface area contributed by atoms with Gasteiger partial charge in [-0.15, -0.1) is 12.4 Å². The number of hydrogen-bond acceptors (Lipinski definition) is 8. The summed E-state index contributed by atoms with van der Waals surface area (Å²) < 4.78 is 33.3. The lowest BCUT2D eigenvalue weighted by Crippen LogP contribution is -2.59. The van der Waals surface area contributed by atoms with Gasteiger partial charge in [0.15, 0.2) is 0 Å². The topological polar surface area (TPSA) is 138 Å². The fourth-order valence-electron chi connectivity index (χ4n) is 4.90. The van der Waals surface area contributed by atoms with Crippen molar-refractivity contribution in [1.82, 2.24) is 25.5 Å². The number of ether oxygens (including phenoxy) is 1. The molecule has 3 atom stereocenters. The molecular weight excluding hydrogens is 596 g/mol. The second kappa shape index (κ2) is 14.1. The van der Waals surface area contributed by atoms with Crippen molar-refractivity contribution in [2.75, 3.05) is 31.3 Å². The molecule has 0 aliphatic carbocycles. The number of likely N-dealkylation sites (tertiary alicyclic amines) is 1. The minimum atomic E-state index is -0.850. The molecule has 1 fully saturated rings. The smallest absolute Gasteiger partial charge is 0.247 e. The van der Waals surface area contributed by atoms with Gasteiger partial charge in [0.25, 0.3) is 0 Å². The van der Waals surface area contributed by atoms with E-state index in [1.165, 1.54) is 24.4 Å². The summed E-state index contributed by atoms with van der Waals surface area (Å²) >= 11 is 0. The third-order valence-corrected chi connectivity index (χ3v) is 7.46. The van der Waals surface area contributed by atoms with Crippen LogP contribution in [0.2, 0.25) is 0 Å². The van der Waals surface area contributed by atoms with Crippen molar-refractivity contribution < 1.29 is 27.9 Å². The molecule has 0 spiro atoms. The first-order chi connectivity index (χ1) is 20.3. The van der Waals surface area contributed by atoms with Crippen LogP contribution in [-0.4, -0.2) is 71.4 Å². The maximum Gasteiger partial charge on any atom is 0.247 e. The second-order valence-corrected chi connectivity index (χ2v) is 11.5. The summed E-state index contributed by atoms with van der Waals surface area (Å²) in [7, 11) is 3.10. The summed E-state index contributed by atoms with van der Waals surface area (Å²) in [5.74, 6) is -2.06. The highest BCUT2D eigenvalue weighted by molar-refractivity contribution is 6.03. The highest BCUT2D eigenvalue weighted by Gasteiger charge is 2.42. The van der Waals surface area contributed by atoms with Crippen molar-refractivity contribution in [1.29, 1.82) is 0 Å². The number of carbonyl (C=O) groups is 3. The van der Waals surface area contributed by atoms with Crippen LogP contribution in [0.3, 0.4) is 0 Å². The Balaban J connectivity index is 0.00000529. The van der Waals surface area contributed by atoms with E-state index in [2.05, 4.69) is 31.2 Å². The minimum Gasteiger partial charge on any atom is -0.494 e. The number of anilines is 3. The number of halogens is 3. The molecule has 4 rings (SSSR count). The lowest BCUT2D eigenvalue weighted by molar-refractivity contribution is -0.143.